The van der Waals surface area contributed by atoms with E-state index in [2.05, 4.69) is 22.2 Å². The predicted molar refractivity (Wildman–Crippen MR) is 116 cm³/mol. The van der Waals surface area contributed by atoms with Crippen molar-refractivity contribution in [3.8, 4) is 5.75 Å². The smallest absolute Gasteiger partial charge is 0.262 e. The van der Waals surface area contributed by atoms with Crippen LogP contribution in [0, 0.1) is 0 Å². The lowest BCUT2D eigenvalue weighted by Crippen LogP contribution is -2.35. The number of hydrogen-bond donors (Lipinski definition) is 3. The fourth-order valence-electron chi connectivity index (χ4n) is 2.51. The number of para-hydroxylation sites is 1. The molecule has 0 spiro atoms. The predicted octanol–water partition coefficient (Wildman–Crippen LogP) is 3.16. The number of carbonyl (C=O) groups is 1. The molecule has 0 aliphatic rings. The van der Waals surface area contributed by atoms with E-state index in [9.17, 15) is 13.2 Å². The molecule has 3 aromatic carbocycles. The maximum Gasteiger partial charge on any atom is 0.262 e. The molecule has 8 heteroatoms. The lowest BCUT2D eigenvalue weighted by atomic mass is 10.1. The van der Waals surface area contributed by atoms with Crippen molar-refractivity contribution in [3.63, 3.8) is 0 Å². The lowest BCUT2D eigenvalue weighted by molar-refractivity contribution is -0.118. The molecule has 0 atom stereocenters. The average molecular weight is 423 g/mol. The molecule has 0 bridgehead atoms. The second-order valence-electron chi connectivity index (χ2n) is 6.25. The van der Waals surface area contributed by atoms with E-state index < -0.39 is 10.0 Å². The lowest BCUT2D eigenvalue weighted by Gasteiger charge is -2.13. The van der Waals surface area contributed by atoms with E-state index in [0.717, 1.165) is 0 Å². The first-order valence-electron chi connectivity index (χ1n) is 9.04. The Labute approximate surface area is 175 Å². The molecule has 0 fully saturated rings. The summed E-state index contributed by atoms with van der Waals surface area (Å²) in [6, 6.07) is 23.9. The van der Waals surface area contributed by atoms with Crippen molar-refractivity contribution in [1.29, 1.82) is 0 Å². The number of nitrogens with one attached hydrogen (secondary N) is 3. The van der Waals surface area contributed by atoms with Crippen LogP contribution in [0.15, 0.2) is 96.4 Å². The van der Waals surface area contributed by atoms with Gasteiger partial charge in [0.05, 0.1) is 4.90 Å². The van der Waals surface area contributed by atoms with Crippen molar-refractivity contribution >= 4 is 27.3 Å². The van der Waals surface area contributed by atoms with E-state index in [4.69, 9.17) is 4.74 Å². The molecular formula is C22H21N3O4S. The van der Waals surface area contributed by atoms with E-state index in [1.54, 1.807) is 54.6 Å². The molecule has 0 aromatic heterocycles. The van der Waals surface area contributed by atoms with Crippen molar-refractivity contribution in [3.05, 3.63) is 97.1 Å². The molecule has 0 saturated heterocycles. The molecular weight excluding hydrogens is 402 g/mol. The van der Waals surface area contributed by atoms with Crippen LogP contribution < -0.4 is 20.3 Å². The fourth-order valence-corrected chi connectivity index (χ4v) is 3.40. The monoisotopic (exact) mass is 423 g/mol. The minimum absolute atomic E-state index is 0.129. The van der Waals surface area contributed by atoms with Gasteiger partial charge in [0.15, 0.2) is 6.61 Å². The molecule has 7 nitrogen and oxygen atoms in total. The number of benzene rings is 3. The zero-order chi connectivity index (χ0) is 21.4. The van der Waals surface area contributed by atoms with Crippen LogP contribution in [0.2, 0.25) is 0 Å². The summed E-state index contributed by atoms with van der Waals surface area (Å²) in [5.41, 5.74) is 4.05. The normalized spacial score (nSPS) is 10.8. The van der Waals surface area contributed by atoms with Crippen LogP contribution in [0.4, 0.5) is 5.69 Å². The topological polar surface area (TPSA) is 96.5 Å². The summed E-state index contributed by atoms with van der Waals surface area (Å²) in [5, 5.41) is 2.73. The van der Waals surface area contributed by atoms with Crippen LogP contribution in [-0.2, 0) is 14.8 Å². The average Bonchev–Trinajstić information content (AvgIpc) is 2.77. The van der Waals surface area contributed by atoms with Gasteiger partial charge in [-0.05, 0) is 36.4 Å². The molecule has 0 heterocycles. The first kappa shape index (κ1) is 21.1. The van der Waals surface area contributed by atoms with Gasteiger partial charge in [-0.25, -0.2) is 8.42 Å². The number of sulfonamides is 1. The van der Waals surface area contributed by atoms with Crippen molar-refractivity contribution in [2.24, 2.45) is 0 Å². The molecule has 1 amide bonds. The molecule has 3 N–H and O–H groups in total. The van der Waals surface area contributed by atoms with Crippen LogP contribution in [0.3, 0.4) is 0 Å². The van der Waals surface area contributed by atoms with Gasteiger partial charge in [-0.3, -0.25) is 4.79 Å². The van der Waals surface area contributed by atoms with Crippen LogP contribution in [0.25, 0.3) is 5.70 Å². The fraction of sp³-hybridized carbons (Fsp3) is 0.0455. The van der Waals surface area contributed by atoms with Gasteiger partial charge in [-0.1, -0.05) is 55.1 Å². The highest BCUT2D eigenvalue weighted by atomic mass is 32.2. The SMILES string of the molecule is C=C(NNS(=O)(=O)c1ccccc1)c1cccc(NC(=O)COc2ccccc2)c1. The third-order valence-corrected chi connectivity index (χ3v) is 5.26. The zero-order valence-electron chi connectivity index (χ0n) is 16.0. The van der Waals surface area contributed by atoms with Crippen molar-refractivity contribution in [1.82, 2.24) is 10.3 Å². The Bertz CT molecular complexity index is 1120. The van der Waals surface area contributed by atoms with Gasteiger partial charge in [0, 0.05) is 16.9 Å². The molecule has 0 aliphatic heterocycles. The number of ether oxygens (including phenoxy) is 1. The quantitative estimate of drug-likeness (QED) is 0.460. The molecule has 0 radical (unpaired) electrons. The minimum Gasteiger partial charge on any atom is -0.484 e. The molecule has 3 aromatic rings. The van der Waals surface area contributed by atoms with Crippen molar-refractivity contribution < 1.29 is 17.9 Å². The van der Waals surface area contributed by atoms with E-state index in [1.807, 2.05) is 18.2 Å². The summed E-state index contributed by atoms with van der Waals surface area (Å²) < 4.78 is 30.0. The number of hydrogen-bond acceptors (Lipinski definition) is 5. The highest BCUT2D eigenvalue weighted by Crippen LogP contribution is 2.16. The first-order valence-corrected chi connectivity index (χ1v) is 10.5. The van der Waals surface area contributed by atoms with Gasteiger partial charge >= 0.3 is 0 Å². The maximum atomic E-state index is 12.3. The highest BCUT2D eigenvalue weighted by Gasteiger charge is 2.13. The first-order chi connectivity index (χ1) is 14.4. The van der Waals surface area contributed by atoms with Gasteiger partial charge in [-0.2, -0.15) is 0 Å². The van der Waals surface area contributed by atoms with Gasteiger partial charge in [0.1, 0.15) is 5.75 Å². The largest absolute Gasteiger partial charge is 0.484 e. The third kappa shape index (κ3) is 5.94. The van der Waals surface area contributed by atoms with Crippen LogP contribution in [0.1, 0.15) is 5.56 Å². The molecule has 154 valence electrons. The molecule has 0 aliphatic carbocycles. The number of anilines is 1. The van der Waals surface area contributed by atoms with Gasteiger partial charge in [0.2, 0.25) is 0 Å². The standard InChI is InChI=1S/C22H21N3O4S/c1-17(24-25-30(27,28)21-13-6-3-7-14-21)18-9-8-10-19(15-18)23-22(26)16-29-20-11-4-2-5-12-20/h2-15,24-25H,1,16H2,(H,23,26). The molecule has 30 heavy (non-hydrogen) atoms. The second-order valence-corrected chi connectivity index (χ2v) is 7.94. The van der Waals surface area contributed by atoms with Gasteiger partial charge in [-0.15, -0.1) is 4.83 Å². The van der Waals surface area contributed by atoms with E-state index in [1.165, 1.54) is 12.1 Å². The Balaban J connectivity index is 1.56. The van der Waals surface area contributed by atoms with Gasteiger partial charge < -0.3 is 15.5 Å². The van der Waals surface area contributed by atoms with Crippen molar-refractivity contribution in [2.75, 3.05) is 11.9 Å². The maximum absolute atomic E-state index is 12.3. The highest BCUT2D eigenvalue weighted by molar-refractivity contribution is 7.89. The number of amides is 1. The number of rotatable bonds is 9. The Morgan fingerprint density at radius 1 is 0.900 bits per heavy atom. The van der Waals surface area contributed by atoms with Crippen LogP contribution in [-0.4, -0.2) is 20.9 Å². The molecule has 3 rings (SSSR count). The molecule has 0 unspecified atom stereocenters. The Morgan fingerprint density at radius 2 is 1.57 bits per heavy atom. The van der Waals surface area contributed by atoms with Crippen LogP contribution >= 0.6 is 0 Å². The number of carbonyl (C=O) groups excluding carboxylic acids is 1. The molecule has 0 saturated carbocycles. The minimum atomic E-state index is -3.73. The Morgan fingerprint density at radius 3 is 2.27 bits per heavy atom. The van der Waals surface area contributed by atoms with E-state index in [0.29, 0.717) is 22.7 Å². The summed E-state index contributed by atoms with van der Waals surface area (Å²) >= 11 is 0. The van der Waals surface area contributed by atoms with Crippen LogP contribution in [0.5, 0.6) is 5.75 Å². The zero-order valence-corrected chi connectivity index (χ0v) is 16.9. The summed E-state index contributed by atoms with van der Waals surface area (Å²) in [7, 11) is -3.73. The second kappa shape index (κ2) is 9.73. The van der Waals surface area contributed by atoms with Gasteiger partial charge in [0.25, 0.3) is 15.9 Å². The van der Waals surface area contributed by atoms with Crippen molar-refractivity contribution in [2.45, 2.75) is 4.90 Å². The number of hydrazine groups is 1. The summed E-state index contributed by atoms with van der Waals surface area (Å²) in [4.78, 5) is 14.5. The summed E-state index contributed by atoms with van der Waals surface area (Å²) in [5.74, 6) is 0.282. The third-order valence-electron chi connectivity index (χ3n) is 4.00. The Hall–Kier alpha value is -3.62. The summed E-state index contributed by atoms with van der Waals surface area (Å²) in [6.07, 6.45) is 0. The summed E-state index contributed by atoms with van der Waals surface area (Å²) in [6.45, 7) is 3.71. The Kier molecular flexibility index (Phi) is 6.84. The van der Waals surface area contributed by atoms with E-state index >= 15 is 0 Å². The van der Waals surface area contributed by atoms with E-state index in [-0.39, 0.29) is 17.4 Å².